The minimum atomic E-state index is 0.511. The molecular weight excluding hydrogens is 228 g/mol. The molecule has 0 aliphatic heterocycles. The second kappa shape index (κ2) is 4.79. The average Bonchev–Trinajstić information content (AvgIpc) is 2.61. The minimum Gasteiger partial charge on any atom is -0.374 e. The summed E-state index contributed by atoms with van der Waals surface area (Å²) in [6.07, 6.45) is 11.8. The largest absolute Gasteiger partial charge is 0.374 e. The highest BCUT2D eigenvalue weighted by molar-refractivity contribution is 9.09. The summed E-state index contributed by atoms with van der Waals surface area (Å²) in [6, 6.07) is 0. The highest BCUT2D eigenvalue weighted by Crippen LogP contribution is 2.31. The number of halogens is 1. The van der Waals surface area contributed by atoms with Crippen LogP contribution in [-0.4, -0.2) is 17.0 Å². The van der Waals surface area contributed by atoms with Gasteiger partial charge in [-0.3, -0.25) is 0 Å². The lowest BCUT2D eigenvalue weighted by atomic mass is 9.97. The maximum Gasteiger partial charge on any atom is 0.0703 e. The van der Waals surface area contributed by atoms with E-state index in [-0.39, 0.29) is 0 Å². The zero-order chi connectivity index (χ0) is 9.10. The van der Waals surface area contributed by atoms with E-state index in [1.807, 2.05) is 0 Å². The smallest absolute Gasteiger partial charge is 0.0703 e. The van der Waals surface area contributed by atoms with Crippen LogP contribution in [0.25, 0.3) is 0 Å². The molecule has 0 amide bonds. The molecule has 2 fully saturated rings. The number of alkyl halides is 1. The Hall–Kier alpha value is 0.440. The first-order chi connectivity index (χ1) is 6.36. The zero-order valence-electron chi connectivity index (χ0n) is 8.18. The van der Waals surface area contributed by atoms with E-state index in [0.29, 0.717) is 17.0 Å². The van der Waals surface area contributed by atoms with Gasteiger partial charge in [0.2, 0.25) is 0 Å². The van der Waals surface area contributed by atoms with Crippen LogP contribution in [0.4, 0.5) is 0 Å². The zero-order valence-corrected chi connectivity index (χ0v) is 9.76. The molecule has 0 aromatic carbocycles. The van der Waals surface area contributed by atoms with Crippen LogP contribution < -0.4 is 0 Å². The lowest BCUT2D eigenvalue weighted by Gasteiger charge is -2.30. The molecule has 0 saturated heterocycles. The lowest BCUT2D eigenvalue weighted by molar-refractivity contribution is -0.0210. The topological polar surface area (TPSA) is 9.23 Å². The molecule has 0 aromatic heterocycles. The summed E-state index contributed by atoms with van der Waals surface area (Å²) in [5, 5.41) is 0. The third-order valence-corrected chi connectivity index (χ3v) is 4.34. The van der Waals surface area contributed by atoms with Crippen molar-refractivity contribution in [3.05, 3.63) is 0 Å². The number of ether oxygens (including phenoxy) is 1. The van der Waals surface area contributed by atoms with Crippen molar-refractivity contribution in [1.82, 2.24) is 0 Å². The lowest BCUT2D eigenvalue weighted by Crippen LogP contribution is -2.31. The maximum absolute atomic E-state index is 6.12. The Labute approximate surface area is 89.4 Å². The molecular formula is C11H19BrO. The number of hydrogen-bond acceptors (Lipinski definition) is 1. The fourth-order valence-corrected chi connectivity index (χ4v) is 3.19. The van der Waals surface area contributed by atoms with Gasteiger partial charge in [0.25, 0.3) is 0 Å². The van der Waals surface area contributed by atoms with Crippen molar-refractivity contribution >= 4 is 15.9 Å². The number of rotatable bonds is 2. The first kappa shape index (κ1) is 9.97. The Kier molecular flexibility index (Phi) is 3.67. The summed E-state index contributed by atoms with van der Waals surface area (Å²) >= 11 is 3.74. The first-order valence-electron chi connectivity index (χ1n) is 5.66. The summed E-state index contributed by atoms with van der Waals surface area (Å²) in [5.41, 5.74) is 0. The van der Waals surface area contributed by atoms with Crippen LogP contribution in [0.15, 0.2) is 0 Å². The van der Waals surface area contributed by atoms with Gasteiger partial charge in [-0.2, -0.15) is 0 Å². The monoisotopic (exact) mass is 246 g/mol. The highest BCUT2D eigenvalue weighted by atomic mass is 79.9. The molecule has 2 atom stereocenters. The highest BCUT2D eigenvalue weighted by Gasteiger charge is 2.27. The van der Waals surface area contributed by atoms with E-state index in [2.05, 4.69) is 15.9 Å². The molecule has 2 heteroatoms. The molecule has 2 unspecified atom stereocenters. The van der Waals surface area contributed by atoms with Gasteiger partial charge >= 0.3 is 0 Å². The average molecular weight is 247 g/mol. The Morgan fingerprint density at radius 2 is 1.46 bits per heavy atom. The molecule has 0 heterocycles. The van der Waals surface area contributed by atoms with E-state index in [4.69, 9.17) is 4.74 Å². The molecule has 2 rings (SSSR count). The maximum atomic E-state index is 6.12. The molecule has 2 aliphatic carbocycles. The van der Waals surface area contributed by atoms with Crippen LogP contribution in [0.2, 0.25) is 0 Å². The Morgan fingerprint density at radius 1 is 0.846 bits per heavy atom. The van der Waals surface area contributed by atoms with Gasteiger partial charge in [0, 0.05) is 4.83 Å². The van der Waals surface area contributed by atoms with Gasteiger partial charge in [-0.15, -0.1) is 0 Å². The third kappa shape index (κ3) is 2.69. The van der Waals surface area contributed by atoms with Crippen molar-refractivity contribution in [3.63, 3.8) is 0 Å². The molecule has 76 valence electrons. The van der Waals surface area contributed by atoms with E-state index in [1.54, 1.807) is 0 Å². The summed E-state index contributed by atoms with van der Waals surface area (Å²) in [7, 11) is 0. The van der Waals surface area contributed by atoms with Crippen LogP contribution in [0.5, 0.6) is 0 Å². The van der Waals surface area contributed by atoms with Gasteiger partial charge in [-0.1, -0.05) is 41.6 Å². The first-order valence-corrected chi connectivity index (χ1v) is 6.57. The molecule has 13 heavy (non-hydrogen) atoms. The standard InChI is InChI=1S/C11H19BrO/c12-10-7-3-4-8-11(10)13-9-5-1-2-6-9/h9-11H,1-8H2. The van der Waals surface area contributed by atoms with Crippen LogP contribution in [-0.2, 0) is 4.74 Å². The predicted molar refractivity (Wildman–Crippen MR) is 58.3 cm³/mol. The fraction of sp³-hybridized carbons (Fsp3) is 1.00. The van der Waals surface area contributed by atoms with Crippen LogP contribution >= 0.6 is 15.9 Å². The van der Waals surface area contributed by atoms with Crippen molar-refractivity contribution < 1.29 is 4.74 Å². The van der Waals surface area contributed by atoms with Crippen LogP contribution in [0.3, 0.4) is 0 Å². The summed E-state index contributed by atoms with van der Waals surface area (Å²) in [5.74, 6) is 0. The van der Waals surface area contributed by atoms with Crippen molar-refractivity contribution in [2.75, 3.05) is 0 Å². The molecule has 2 aliphatic rings. The van der Waals surface area contributed by atoms with Gasteiger partial charge in [0.15, 0.2) is 0 Å². The molecule has 0 radical (unpaired) electrons. The molecule has 0 aromatic rings. The van der Waals surface area contributed by atoms with E-state index >= 15 is 0 Å². The third-order valence-electron chi connectivity index (χ3n) is 3.29. The number of hydrogen-bond donors (Lipinski definition) is 0. The second-order valence-electron chi connectivity index (χ2n) is 4.38. The normalized spacial score (nSPS) is 36.7. The van der Waals surface area contributed by atoms with E-state index < -0.39 is 0 Å². The van der Waals surface area contributed by atoms with Gasteiger partial charge in [0.05, 0.1) is 12.2 Å². The van der Waals surface area contributed by atoms with Crippen LogP contribution in [0.1, 0.15) is 51.4 Å². The van der Waals surface area contributed by atoms with Gasteiger partial charge in [-0.25, -0.2) is 0 Å². The van der Waals surface area contributed by atoms with Crippen molar-refractivity contribution in [2.24, 2.45) is 0 Å². The van der Waals surface area contributed by atoms with Crippen molar-refractivity contribution in [1.29, 1.82) is 0 Å². The molecule has 0 spiro atoms. The van der Waals surface area contributed by atoms with E-state index in [9.17, 15) is 0 Å². The summed E-state index contributed by atoms with van der Waals surface area (Å²) in [4.78, 5) is 0.627. The quantitative estimate of drug-likeness (QED) is 0.677. The van der Waals surface area contributed by atoms with E-state index in [1.165, 1.54) is 51.4 Å². The molecule has 1 nitrogen and oxygen atoms in total. The Bertz CT molecular complexity index is 154. The second-order valence-corrected chi connectivity index (χ2v) is 5.56. The van der Waals surface area contributed by atoms with Crippen molar-refractivity contribution in [2.45, 2.75) is 68.4 Å². The molecule has 2 saturated carbocycles. The van der Waals surface area contributed by atoms with Crippen LogP contribution in [0, 0.1) is 0 Å². The van der Waals surface area contributed by atoms with Gasteiger partial charge in [-0.05, 0) is 25.7 Å². The summed E-state index contributed by atoms with van der Waals surface area (Å²) < 4.78 is 6.12. The summed E-state index contributed by atoms with van der Waals surface area (Å²) in [6.45, 7) is 0. The molecule has 0 bridgehead atoms. The van der Waals surface area contributed by atoms with Gasteiger partial charge < -0.3 is 4.74 Å². The predicted octanol–water partition coefficient (Wildman–Crippen LogP) is 3.65. The Morgan fingerprint density at radius 3 is 2.15 bits per heavy atom. The minimum absolute atomic E-state index is 0.511. The Balaban J connectivity index is 1.78. The van der Waals surface area contributed by atoms with Crippen molar-refractivity contribution in [3.8, 4) is 0 Å². The van der Waals surface area contributed by atoms with Gasteiger partial charge in [0.1, 0.15) is 0 Å². The fourth-order valence-electron chi connectivity index (χ4n) is 2.48. The van der Waals surface area contributed by atoms with E-state index in [0.717, 1.165) is 0 Å². The molecule has 0 N–H and O–H groups in total. The SMILES string of the molecule is BrC1CCCCC1OC1CCCC1.